The van der Waals surface area contributed by atoms with Crippen LogP contribution in [0.4, 0.5) is 4.39 Å². The summed E-state index contributed by atoms with van der Waals surface area (Å²) < 4.78 is 43.4. The Bertz CT molecular complexity index is 605. The van der Waals surface area contributed by atoms with Crippen molar-refractivity contribution in [2.24, 2.45) is 0 Å². The molecule has 110 valence electrons. The van der Waals surface area contributed by atoms with Crippen molar-refractivity contribution in [3.05, 3.63) is 29.6 Å². The summed E-state index contributed by atoms with van der Waals surface area (Å²) in [6.45, 7) is 0.515. The third-order valence-electron chi connectivity index (χ3n) is 3.19. The van der Waals surface area contributed by atoms with Gasteiger partial charge < -0.3 is 9.84 Å². The number of benzene rings is 1. The summed E-state index contributed by atoms with van der Waals surface area (Å²) in [6, 6.07) is 2.80. The molecule has 1 aliphatic heterocycles. The number of halogens is 1. The highest BCUT2D eigenvalue weighted by Crippen LogP contribution is 2.22. The van der Waals surface area contributed by atoms with Crippen molar-refractivity contribution in [3.8, 4) is 0 Å². The number of rotatable bonds is 4. The standard InChI is InChI=1S/C13H15FO5S/c14-11-7-9(13(15)16)4-5-12(11)20(17,18)8-10-3-1-2-6-19-10/h4-5,7,10H,1-3,6,8H2,(H,15,16). The van der Waals surface area contributed by atoms with E-state index < -0.39 is 32.6 Å². The van der Waals surface area contributed by atoms with Gasteiger partial charge in [-0.1, -0.05) is 0 Å². The summed E-state index contributed by atoms with van der Waals surface area (Å²) in [5.74, 6) is -2.62. The van der Waals surface area contributed by atoms with Crippen molar-refractivity contribution in [1.29, 1.82) is 0 Å². The van der Waals surface area contributed by atoms with Crippen molar-refractivity contribution in [1.82, 2.24) is 0 Å². The molecule has 0 bridgehead atoms. The zero-order valence-electron chi connectivity index (χ0n) is 10.7. The Balaban J connectivity index is 2.22. The fraction of sp³-hybridized carbons (Fsp3) is 0.462. The molecule has 0 radical (unpaired) electrons. The second-order valence-electron chi connectivity index (χ2n) is 4.72. The lowest BCUT2D eigenvalue weighted by Crippen LogP contribution is -2.28. The van der Waals surface area contributed by atoms with E-state index in [-0.39, 0.29) is 11.3 Å². The molecule has 1 saturated heterocycles. The van der Waals surface area contributed by atoms with Crippen molar-refractivity contribution in [2.75, 3.05) is 12.4 Å². The quantitative estimate of drug-likeness (QED) is 0.918. The van der Waals surface area contributed by atoms with Crippen LogP contribution in [0.1, 0.15) is 29.6 Å². The minimum atomic E-state index is -3.83. The number of hydrogen-bond acceptors (Lipinski definition) is 4. The Morgan fingerprint density at radius 1 is 1.40 bits per heavy atom. The number of ether oxygens (including phenoxy) is 1. The van der Waals surface area contributed by atoms with Crippen LogP contribution in [-0.2, 0) is 14.6 Å². The molecular formula is C13H15FO5S. The van der Waals surface area contributed by atoms with Crippen LogP contribution in [-0.4, -0.2) is 38.0 Å². The van der Waals surface area contributed by atoms with Crippen LogP contribution in [0.2, 0.25) is 0 Å². The third-order valence-corrected chi connectivity index (χ3v) is 5.01. The number of sulfone groups is 1. The Hall–Kier alpha value is -1.47. The van der Waals surface area contributed by atoms with Gasteiger partial charge in [0.1, 0.15) is 10.7 Å². The fourth-order valence-electron chi connectivity index (χ4n) is 2.16. The predicted molar refractivity (Wildman–Crippen MR) is 69.0 cm³/mol. The molecule has 1 unspecified atom stereocenters. The summed E-state index contributed by atoms with van der Waals surface area (Å²) >= 11 is 0. The number of carbonyl (C=O) groups is 1. The fourth-order valence-corrected chi connectivity index (χ4v) is 3.72. The molecule has 7 heteroatoms. The zero-order chi connectivity index (χ0) is 14.8. The van der Waals surface area contributed by atoms with Gasteiger partial charge in [-0.3, -0.25) is 0 Å². The van der Waals surface area contributed by atoms with Gasteiger partial charge in [-0.05, 0) is 37.5 Å². The topological polar surface area (TPSA) is 80.7 Å². The van der Waals surface area contributed by atoms with Gasteiger partial charge in [-0.25, -0.2) is 17.6 Å². The molecule has 1 heterocycles. The van der Waals surface area contributed by atoms with Crippen LogP contribution < -0.4 is 0 Å². The maximum atomic E-state index is 13.8. The molecule has 2 rings (SSSR count). The van der Waals surface area contributed by atoms with Gasteiger partial charge in [-0.2, -0.15) is 0 Å². The van der Waals surface area contributed by atoms with E-state index in [0.717, 1.165) is 31.0 Å². The van der Waals surface area contributed by atoms with Crippen molar-refractivity contribution in [2.45, 2.75) is 30.3 Å². The molecule has 0 saturated carbocycles. The number of carboxylic acid groups (broad SMARTS) is 1. The van der Waals surface area contributed by atoms with Crippen molar-refractivity contribution >= 4 is 15.8 Å². The highest BCUT2D eigenvalue weighted by Gasteiger charge is 2.26. The summed E-state index contributed by atoms with van der Waals surface area (Å²) in [6.07, 6.45) is 2.00. The van der Waals surface area contributed by atoms with Gasteiger partial charge >= 0.3 is 5.97 Å². The highest BCUT2D eigenvalue weighted by atomic mass is 32.2. The average Bonchev–Trinajstić information content (AvgIpc) is 2.38. The number of aromatic carboxylic acids is 1. The zero-order valence-corrected chi connectivity index (χ0v) is 11.5. The number of carboxylic acids is 1. The summed E-state index contributed by atoms with van der Waals surface area (Å²) in [7, 11) is -3.83. The van der Waals surface area contributed by atoms with E-state index in [1.807, 2.05) is 0 Å². The largest absolute Gasteiger partial charge is 0.478 e. The maximum absolute atomic E-state index is 13.8. The van der Waals surface area contributed by atoms with Crippen LogP contribution >= 0.6 is 0 Å². The molecule has 0 spiro atoms. The summed E-state index contributed by atoms with van der Waals surface area (Å²) in [4.78, 5) is 10.2. The van der Waals surface area contributed by atoms with Gasteiger partial charge in [0.05, 0.1) is 17.4 Å². The van der Waals surface area contributed by atoms with E-state index in [0.29, 0.717) is 13.0 Å². The van der Waals surface area contributed by atoms with Crippen LogP contribution in [0.5, 0.6) is 0 Å². The maximum Gasteiger partial charge on any atom is 0.335 e. The molecule has 0 amide bonds. The van der Waals surface area contributed by atoms with E-state index in [4.69, 9.17) is 9.84 Å². The molecule has 1 aromatic carbocycles. The second-order valence-corrected chi connectivity index (χ2v) is 6.72. The van der Waals surface area contributed by atoms with Crippen LogP contribution in [0.25, 0.3) is 0 Å². The predicted octanol–water partition coefficient (Wildman–Crippen LogP) is 1.87. The molecule has 1 aliphatic rings. The van der Waals surface area contributed by atoms with E-state index >= 15 is 0 Å². The molecule has 20 heavy (non-hydrogen) atoms. The summed E-state index contributed by atoms with van der Waals surface area (Å²) in [5.41, 5.74) is -0.282. The lowest BCUT2D eigenvalue weighted by atomic mass is 10.1. The minimum Gasteiger partial charge on any atom is -0.478 e. The first-order valence-corrected chi connectivity index (χ1v) is 7.92. The Morgan fingerprint density at radius 2 is 2.15 bits per heavy atom. The molecule has 5 nitrogen and oxygen atoms in total. The number of hydrogen-bond donors (Lipinski definition) is 1. The first-order chi connectivity index (χ1) is 9.40. The second kappa shape index (κ2) is 5.88. The van der Waals surface area contributed by atoms with E-state index in [2.05, 4.69) is 0 Å². The molecule has 1 N–H and O–H groups in total. The lowest BCUT2D eigenvalue weighted by Gasteiger charge is -2.22. The molecule has 0 aromatic heterocycles. The first-order valence-electron chi connectivity index (χ1n) is 6.27. The van der Waals surface area contributed by atoms with Gasteiger partial charge in [0.2, 0.25) is 0 Å². The molecule has 1 fully saturated rings. The Labute approximate surface area is 116 Å². The molecular weight excluding hydrogens is 287 g/mol. The first kappa shape index (κ1) is 14.9. The Morgan fingerprint density at radius 3 is 2.70 bits per heavy atom. The Kier molecular flexibility index (Phi) is 4.39. The van der Waals surface area contributed by atoms with Crippen LogP contribution in [0.3, 0.4) is 0 Å². The summed E-state index contributed by atoms with van der Waals surface area (Å²) in [5, 5.41) is 8.73. The monoisotopic (exact) mass is 302 g/mol. The van der Waals surface area contributed by atoms with Gasteiger partial charge in [0, 0.05) is 6.61 Å². The van der Waals surface area contributed by atoms with E-state index in [1.165, 1.54) is 0 Å². The van der Waals surface area contributed by atoms with Gasteiger partial charge in [0.25, 0.3) is 0 Å². The van der Waals surface area contributed by atoms with Gasteiger partial charge in [0.15, 0.2) is 9.84 Å². The molecule has 1 aromatic rings. The lowest BCUT2D eigenvalue weighted by molar-refractivity contribution is 0.0305. The van der Waals surface area contributed by atoms with E-state index in [9.17, 15) is 17.6 Å². The van der Waals surface area contributed by atoms with Crippen molar-refractivity contribution in [3.63, 3.8) is 0 Å². The minimum absolute atomic E-state index is 0.281. The highest BCUT2D eigenvalue weighted by molar-refractivity contribution is 7.91. The molecule has 1 atom stereocenters. The van der Waals surface area contributed by atoms with Crippen LogP contribution in [0.15, 0.2) is 23.1 Å². The third kappa shape index (κ3) is 3.34. The SMILES string of the molecule is O=C(O)c1ccc(S(=O)(=O)CC2CCCCO2)c(F)c1. The van der Waals surface area contributed by atoms with Gasteiger partial charge in [-0.15, -0.1) is 0 Å². The average molecular weight is 302 g/mol. The van der Waals surface area contributed by atoms with Crippen LogP contribution in [0, 0.1) is 5.82 Å². The smallest absolute Gasteiger partial charge is 0.335 e. The van der Waals surface area contributed by atoms with E-state index in [1.54, 1.807) is 0 Å². The molecule has 0 aliphatic carbocycles. The normalized spacial score (nSPS) is 19.8. The van der Waals surface area contributed by atoms with Crippen molar-refractivity contribution < 1.29 is 27.4 Å².